The average molecular weight is 357 g/mol. The van der Waals surface area contributed by atoms with E-state index in [-0.39, 0.29) is 11.6 Å². The van der Waals surface area contributed by atoms with Crippen molar-refractivity contribution in [3.8, 4) is 0 Å². The normalized spacial score (nSPS) is 17.4. The zero-order chi connectivity index (χ0) is 18.6. The van der Waals surface area contributed by atoms with Crippen LogP contribution in [0.4, 0.5) is 0 Å². The lowest BCUT2D eigenvalue weighted by Crippen LogP contribution is -2.35. The number of nitrogens with one attached hydrogen (secondary N) is 1. The number of hydrogen-bond acceptors (Lipinski definition) is 5. The molecule has 6 nitrogen and oxygen atoms in total. The third-order valence-corrected chi connectivity index (χ3v) is 5.28. The van der Waals surface area contributed by atoms with E-state index in [4.69, 9.17) is 5.73 Å². The molecule has 0 radical (unpaired) electrons. The van der Waals surface area contributed by atoms with E-state index < -0.39 is 0 Å². The van der Waals surface area contributed by atoms with E-state index in [0.717, 1.165) is 17.9 Å². The van der Waals surface area contributed by atoms with Gasteiger partial charge < -0.3 is 11.1 Å². The Hall–Kier alpha value is -1.79. The first-order valence-corrected chi connectivity index (χ1v) is 9.79. The third kappa shape index (κ3) is 4.48. The van der Waals surface area contributed by atoms with Gasteiger partial charge in [-0.2, -0.15) is 0 Å². The van der Waals surface area contributed by atoms with Crippen LogP contribution in [0.5, 0.6) is 0 Å². The maximum atomic E-state index is 5.79. The number of tetrazole rings is 1. The molecule has 6 heteroatoms. The molecule has 1 fully saturated rings. The maximum Gasteiger partial charge on any atom is 0.169 e. The number of rotatable bonds is 6. The highest BCUT2D eigenvalue weighted by molar-refractivity contribution is 5.23. The molecule has 1 aromatic heterocycles. The Bertz CT molecular complexity index is 696. The van der Waals surface area contributed by atoms with Crippen molar-refractivity contribution >= 4 is 0 Å². The van der Waals surface area contributed by atoms with Crippen LogP contribution >= 0.6 is 0 Å². The lowest BCUT2D eigenvalue weighted by atomic mass is 9.83. The number of nitrogens with zero attached hydrogens (tertiary/aromatic N) is 4. The second-order valence-electron chi connectivity index (χ2n) is 8.40. The van der Waals surface area contributed by atoms with E-state index >= 15 is 0 Å². The molecule has 142 valence electrons. The lowest BCUT2D eigenvalue weighted by molar-refractivity contribution is 0.237. The zero-order valence-electron chi connectivity index (χ0n) is 16.3. The Morgan fingerprint density at radius 1 is 1.19 bits per heavy atom. The fourth-order valence-electron chi connectivity index (χ4n) is 3.90. The van der Waals surface area contributed by atoms with Gasteiger partial charge in [-0.15, -0.1) is 5.10 Å². The number of hydrogen-bond donors (Lipinski definition) is 2. The quantitative estimate of drug-likeness (QED) is 0.830. The average Bonchev–Trinajstić information content (AvgIpc) is 3.13. The molecular formula is C20H32N6. The molecule has 0 saturated heterocycles. The van der Waals surface area contributed by atoms with Crippen LogP contribution in [0.15, 0.2) is 24.3 Å². The second kappa shape index (κ2) is 8.27. The summed E-state index contributed by atoms with van der Waals surface area (Å²) in [6.07, 6.45) is 6.40. The molecule has 1 aromatic carbocycles. The highest BCUT2D eigenvalue weighted by Crippen LogP contribution is 2.34. The minimum Gasteiger partial charge on any atom is -0.326 e. The molecule has 2 aromatic rings. The predicted molar refractivity (Wildman–Crippen MR) is 103 cm³/mol. The van der Waals surface area contributed by atoms with E-state index in [0.29, 0.717) is 12.5 Å². The first kappa shape index (κ1) is 19.0. The number of benzene rings is 1. The van der Waals surface area contributed by atoms with Crippen molar-refractivity contribution in [2.24, 2.45) is 11.7 Å². The Balaban J connectivity index is 1.83. The summed E-state index contributed by atoms with van der Waals surface area (Å²) >= 11 is 0. The van der Waals surface area contributed by atoms with Crippen molar-refractivity contribution < 1.29 is 0 Å². The molecule has 0 spiro atoms. The maximum absolute atomic E-state index is 5.79. The van der Waals surface area contributed by atoms with Crippen molar-refractivity contribution in [1.82, 2.24) is 25.5 Å². The van der Waals surface area contributed by atoms with Gasteiger partial charge in [0.15, 0.2) is 5.82 Å². The third-order valence-electron chi connectivity index (χ3n) is 5.28. The Morgan fingerprint density at radius 3 is 2.62 bits per heavy atom. The van der Waals surface area contributed by atoms with E-state index in [9.17, 15) is 0 Å². The second-order valence-corrected chi connectivity index (χ2v) is 8.40. The standard InChI is InChI=1S/C20H32N6/c1-20(2,3)26-19(23-24-25-26)18(17-10-5-4-6-11-17)22-14-16-9-7-8-15(12-16)13-21/h7-9,12,17-18,22H,4-6,10-11,13-14,21H2,1-3H3. The van der Waals surface area contributed by atoms with Crippen LogP contribution in [0, 0.1) is 5.92 Å². The van der Waals surface area contributed by atoms with Crippen LogP contribution in [0.25, 0.3) is 0 Å². The monoisotopic (exact) mass is 356 g/mol. The van der Waals surface area contributed by atoms with Gasteiger partial charge in [-0.05, 0) is 61.1 Å². The van der Waals surface area contributed by atoms with Crippen LogP contribution in [0.2, 0.25) is 0 Å². The molecule has 26 heavy (non-hydrogen) atoms. The Kier molecular flexibility index (Phi) is 6.04. The topological polar surface area (TPSA) is 81.7 Å². The van der Waals surface area contributed by atoms with Gasteiger partial charge in [-0.1, -0.05) is 43.5 Å². The van der Waals surface area contributed by atoms with Gasteiger partial charge in [-0.3, -0.25) is 0 Å². The van der Waals surface area contributed by atoms with Crippen molar-refractivity contribution in [3.05, 3.63) is 41.2 Å². The SMILES string of the molecule is CC(C)(C)n1nnnc1C(NCc1cccc(CN)c1)C1CCCCC1. The molecule has 3 rings (SSSR count). The number of nitrogens with two attached hydrogens (primary N) is 1. The molecule has 0 aliphatic heterocycles. The number of aromatic nitrogens is 4. The molecule has 0 bridgehead atoms. The fourth-order valence-corrected chi connectivity index (χ4v) is 3.90. The summed E-state index contributed by atoms with van der Waals surface area (Å²) in [5.41, 5.74) is 8.07. The van der Waals surface area contributed by atoms with Crippen LogP contribution < -0.4 is 11.1 Å². The summed E-state index contributed by atoms with van der Waals surface area (Å²) in [7, 11) is 0. The summed E-state index contributed by atoms with van der Waals surface area (Å²) in [6, 6.07) is 8.65. The minimum absolute atomic E-state index is 0.132. The molecule has 1 aliphatic carbocycles. The molecule has 1 aliphatic rings. The zero-order valence-corrected chi connectivity index (χ0v) is 16.3. The van der Waals surface area contributed by atoms with Crippen LogP contribution in [0.3, 0.4) is 0 Å². The largest absolute Gasteiger partial charge is 0.326 e. The van der Waals surface area contributed by atoms with Gasteiger partial charge >= 0.3 is 0 Å². The fraction of sp³-hybridized carbons (Fsp3) is 0.650. The van der Waals surface area contributed by atoms with Crippen molar-refractivity contribution in [1.29, 1.82) is 0 Å². The summed E-state index contributed by atoms with van der Waals surface area (Å²) in [5, 5.41) is 16.5. The van der Waals surface area contributed by atoms with Gasteiger partial charge in [-0.25, -0.2) is 4.68 Å². The molecule has 0 amide bonds. The molecule has 1 saturated carbocycles. The predicted octanol–water partition coefficient (Wildman–Crippen LogP) is 3.30. The van der Waals surface area contributed by atoms with Crippen molar-refractivity contribution in [2.45, 2.75) is 77.5 Å². The molecule has 1 atom stereocenters. The van der Waals surface area contributed by atoms with Gasteiger partial charge in [0.2, 0.25) is 0 Å². The van der Waals surface area contributed by atoms with Gasteiger partial charge in [0.25, 0.3) is 0 Å². The van der Waals surface area contributed by atoms with E-state index in [2.05, 4.69) is 65.9 Å². The van der Waals surface area contributed by atoms with Crippen LogP contribution in [0.1, 0.15) is 75.9 Å². The van der Waals surface area contributed by atoms with Gasteiger partial charge in [0.05, 0.1) is 11.6 Å². The minimum atomic E-state index is -0.132. The van der Waals surface area contributed by atoms with E-state index in [1.54, 1.807) is 0 Å². The summed E-state index contributed by atoms with van der Waals surface area (Å²) < 4.78 is 1.98. The first-order valence-electron chi connectivity index (χ1n) is 9.79. The van der Waals surface area contributed by atoms with Crippen LogP contribution in [-0.4, -0.2) is 20.2 Å². The lowest BCUT2D eigenvalue weighted by Gasteiger charge is -2.32. The van der Waals surface area contributed by atoms with E-state index in [1.165, 1.54) is 37.7 Å². The van der Waals surface area contributed by atoms with Crippen LogP contribution in [-0.2, 0) is 18.6 Å². The van der Waals surface area contributed by atoms with Crippen molar-refractivity contribution in [2.75, 3.05) is 0 Å². The Labute approximate surface area is 156 Å². The van der Waals surface area contributed by atoms with Gasteiger partial charge in [0.1, 0.15) is 0 Å². The summed E-state index contributed by atoms with van der Waals surface area (Å²) in [6.45, 7) is 7.81. The first-order chi connectivity index (χ1) is 12.5. The molecule has 3 N–H and O–H groups in total. The molecular weight excluding hydrogens is 324 g/mol. The molecule has 1 unspecified atom stereocenters. The highest BCUT2D eigenvalue weighted by Gasteiger charge is 2.32. The summed E-state index contributed by atoms with van der Waals surface area (Å²) in [4.78, 5) is 0. The van der Waals surface area contributed by atoms with E-state index in [1.807, 2.05) is 4.68 Å². The van der Waals surface area contributed by atoms with Gasteiger partial charge in [0, 0.05) is 13.1 Å². The highest BCUT2D eigenvalue weighted by atomic mass is 15.6. The summed E-state index contributed by atoms with van der Waals surface area (Å²) in [5.74, 6) is 1.54. The Morgan fingerprint density at radius 2 is 1.92 bits per heavy atom. The smallest absolute Gasteiger partial charge is 0.169 e. The molecule has 1 heterocycles. The van der Waals surface area contributed by atoms with Crippen molar-refractivity contribution in [3.63, 3.8) is 0 Å².